The Hall–Kier alpha value is -4.06. The molecule has 2 amide bonds. The normalized spacial score (nSPS) is 11.4. The first-order valence-corrected chi connectivity index (χ1v) is 14.5. The van der Waals surface area contributed by atoms with Crippen molar-refractivity contribution >= 4 is 68.4 Å². The van der Waals surface area contributed by atoms with Gasteiger partial charge in [0.2, 0.25) is 0 Å². The van der Waals surface area contributed by atoms with Crippen molar-refractivity contribution in [3.63, 3.8) is 0 Å². The molecule has 18 heteroatoms. The van der Waals surface area contributed by atoms with Crippen LogP contribution in [0, 0.1) is 13.8 Å². The van der Waals surface area contributed by atoms with Gasteiger partial charge in [-0.15, -0.1) is 22.7 Å². The number of anilines is 2. The number of esters is 4. The molecule has 0 saturated heterocycles. The summed E-state index contributed by atoms with van der Waals surface area (Å²) in [4.78, 5) is 74.0. The van der Waals surface area contributed by atoms with Gasteiger partial charge in [-0.1, -0.05) is 0 Å². The minimum atomic E-state index is -5.76. The van der Waals surface area contributed by atoms with E-state index < -0.39 is 68.7 Å². The standard InChI is InChI=1S/C26H28F4N2O10S2/c1-7-39-19(33)13-11(5)15(21(35)41-9-3)43-17(13)31-23(37)25(27,28)26(29,30)24(38)32-18-14(20(34)40-8-2)12(6)16(44-18)22(36)42-10-4/h7-10H2,1-6H3,(H,31,37)(H,32,38). The fraction of sp³-hybridized carbons (Fsp3) is 0.462. The van der Waals surface area contributed by atoms with Crippen LogP contribution in [-0.4, -0.2) is 74.0 Å². The molecule has 0 fully saturated rings. The zero-order valence-corrected chi connectivity index (χ0v) is 25.9. The number of hydrogen-bond acceptors (Lipinski definition) is 12. The maximum absolute atomic E-state index is 15.0. The van der Waals surface area contributed by atoms with E-state index in [0.717, 1.165) is 0 Å². The van der Waals surface area contributed by atoms with Crippen LogP contribution in [0.5, 0.6) is 0 Å². The van der Waals surface area contributed by atoms with Crippen LogP contribution in [0.3, 0.4) is 0 Å². The Balaban J connectivity index is 2.48. The minimum Gasteiger partial charge on any atom is -0.462 e. The van der Waals surface area contributed by atoms with Gasteiger partial charge in [0.05, 0.1) is 37.6 Å². The average Bonchev–Trinajstić information content (AvgIpc) is 3.44. The van der Waals surface area contributed by atoms with Crippen molar-refractivity contribution in [3.05, 3.63) is 32.0 Å². The van der Waals surface area contributed by atoms with Crippen LogP contribution in [0.25, 0.3) is 0 Å². The highest BCUT2D eigenvalue weighted by Crippen LogP contribution is 2.41. The Morgan fingerprint density at radius 3 is 1.11 bits per heavy atom. The molecule has 0 aliphatic rings. The lowest BCUT2D eigenvalue weighted by molar-refractivity contribution is -0.204. The Morgan fingerprint density at radius 1 is 0.568 bits per heavy atom. The third-order valence-electron chi connectivity index (χ3n) is 5.59. The van der Waals surface area contributed by atoms with Crippen molar-refractivity contribution < 1.29 is 65.3 Å². The summed E-state index contributed by atoms with van der Waals surface area (Å²) in [5.41, 5.74) is -1.38. The van der Waals surface area contributed by atoms with Gasteiger partial charge in [-0.05, 0) is 52.7 Å². The number of amides is 2. The smallest absolute Gasteiger partial charge is 0.396 e. The summed E-state index contributed by atoms with van der Waals surface area (Å²) in [5, 5.41) is 1.51. The maximum atomic E-state index is 15.0. The second kappa shape index (κ2) is 14.6. The van der Waals surface area contributed by atoms with Crippen LogP contribution in [0.15, 0.2) is 0 Å². The summed E-state index contributed by atoms with van der Waals surface area (Å²) < 4.78 is 79.4. The molecule has 0 spiro atoms. The number of thiophene rings is 2. The van der Waals surface area contributed by atoms with E-state index in [-0.39, 0.29) is 47.3 Å². The number of alkyl halides is 4. The number of carbonyl (C=O) groups excluding carboxylic acids is 6. The van der Waals surface area contributed by atoms with Gasteiger partial charge >= 0.3 is 47.5 Å². The molecule has 0 aliphatic heterocycles. The largest absolute Gasteiger partial charge is 0.462 e. The summed E-state index contributed by atoms with van der Waals surface area (Å²) in [7, 11) is 0. The minimum absolute atomic E-state index is 0.102. The summed E-state index contributed by atoms with van der Waals surface area (Å²) in [5.74, 6) is -21.2. The topological polar surface area (TPSA) is 163 Å². The van der Waals surface area contributed by atoms with E-state index in [4.69, 9.17) is 18.9 Å². The Kier molecular flexibility index (Phi) is 12.0. The third-order valence-corrected chi connectivity index (χ3v) is 7.97. The number of ether oxygens (including phenoxy) is 4. The van der Waals surface area contributed by atoms with Crippen molar-refractivity contribution in [3.8, 4) is 0 Å². The van der Waals surface area contributed by atoms with Gasteiger partial charge in [-0.25, -0.2) is 19.2 Å². The zero-order valence-electron chi connectivity index (χ0n) is 24.2. The van der Waals surface area contributed by atoms with Crippen LogP contribution in [0.2, 0.25) is 0 Å². The van der Waals surface area contributed by atoms with E-state index >= 15 is 17.6 Å². The first kappa shape index (κ1) is 36.1. The molecule has 0 radical (unpaired) electrons. The molecule has 0 unspecified atom stereocenters. The van der Waals surface area contributed by atoms with Crippen LogP contribution in [0.4, 0.5) is 27.6 Å². The SMILES string of the molecule is CCOC(=O)c1sc(NC(=O)C(F)(F)C(F)(F)C(=O)Nc2sc(C(=O)OCC)c(C)c2C(=O)OCC)c(C(=O)OCC)c1C. The zero-order chi connectivity index (χ0) is 33.6. The van der Waals surface area contributed by atoms with Crippen molar-refractivity contribution in [2.45, 2.75) is 53.4 Å². The lowest BCUT2D eigenvalue weighted by Crippen LogP contribution is -2.56. The Bertz CT molecular complexity index is 1360. The fourth-order valence-corrected chi connectivity index (χ4v) is 5.70. The summed E-state index contributed by atoms with van der Waals surface area (Å²) >= 11 is 0.591. The summed E-state index contributed by atoms with van der Waals surface area (Å²) in [6.07, 6.45) is 0. The van der Waals surface area contributed by atoms with Crippen molar-refractivity contribution in [2.75, 3.05) is 37.1 Å². The van der Waals surface area contributed by atoms with Crippen molar-refractivity contribution in [2.24, 2.45) is 0 Å². The predicted molar refractivity (Wildman–Crippen MR) is 149 cm³/mol. The lowest BCUT2D eigenvalue weighted by Gasteiger charge is -2.24. The highest BCUT2D eigenvalue weighted by atomic mass is 32.1. The average molecular weight is 669 g/mol. The predicted octanol–water partition coefficient (Wildman–Crippen LogP) is 4.98. The number of carbonyl (C=O) groups is 6. The van der Waals surface area contributed by atoms with E-state index in [1.165, 1.54) is 52.2 Å². The molecular weight excluding hydrogens is 640 g/mol. The van der Waals surface area contributed by atoms with Gasteiger partial charge in [-0.2, -0.15) is 17.6 Å². The molecule has 0 aliphatic carbocycles. The quantitative estimate of drug-likeness (QED) is 0.169. The second-order valence-electron chi connectivity index (χ2n) is 8.46. The molecule has 242 valence electrons. The van der Waals surface area contributed by atoms with E-state index in [1.54, 1.807) is 0 Å². The molecule has 12 nitrogen and oxygen atoms in total. The molecule has 44 heavy (non-hydrogen) atoms. The van der Waals surface area contributed by atoms with Crippen LogP contribution < -0.4 is 10.6 Å². The van der Waals surface area contributed by atoms with Crippen LogP contribution >= 0.6 is 22.7 Å². The molecular formula is C26H28F4N2O10S2. The molecule has 0 bridgehead atoms. The Morgan fingerprint density at radius 2 is 0.841 bits per heavy atom. The molecule has 2 N–H and O–H groups in total. The molecule has 2 aromatic heterocycles. The van der Waals surface area contributed by atoms with E-state index in [9.17, 15) is 28.8 Å². The number of hydrogen-bond donors (Lipinski definition) is 2. The fourth-order valence-electron chi connectivity index (χ4n) is 3.53. The van der Waals surface area contributed by atoms with Crippen molar-refractivity contribution in [1.29, 1.82) is 0 Å². The van der Waals surface area contributed by atoms with Gasteiger partial charge in [0.25, 0.3) is 0 Å². The number of halogens is 4. The first-order valence-electron chi connectivity index (χ1n) is 12.8. The second-order valence-corrected chi connectivity index (χ2v) is 10.5. The monoisotopic (exact) mass is 668 g/mol. The van der Waals surface area contributed by atoms with E-state index in [0.29, 0.717) is 22.7 Å². The van der Waals surface area contributed by atoms with Crippen molar-refractivity contribution in [1.82, 2.24) is 0 Å². The highest BCUT2D eigenvalue weighted by molar-refractivity contribution is 7.19. The van der Waals surface area contributed by atoms with Gasteiger partial charge in [-0.3, -0.25) is 9.59 Å². The van der Waals surface area contributed by atoms with E-state index in [1.807, 2.05) is 0 Å². The van der Waals surface area contributed by atoms with E-state index in [2.05, 4.69) is 0 Å². The van der Waals surface area contributed by atoms with Gasteiger partial charge < -0.3 is 29.6 Å². The number of nitrogens with one attached hydrogen (secondary N) is 2. The summed E-state index contributed by atoms with van der Waals surface area (Å²) in [6.45, 7) is 7.60. The summed E-state index contributed by atoms with van der Waals surface area (Å²) in [6, 6.07) is 0. The molecule has 0 atom stereocenters. The molecule has 0 saturated carbocycles. The first-order chi connectivity index (χ1) is 20.5. The third kappa shape index (κ3) is 7.18. The number of rotatable bonds is 13. The lowest BCUT2D eigenvalue weighted by atomic mass is 10.1. The van der Waals surface area contributed by atoms with Crippen LogP contribution in [-0.2, 0) is 28.5 Å². The highest BCUT2D eigenvalue weighted by Gasteiger charge is 2.67. The Labute approximate surface area is 256 Å². The molecule has 2 aromatic rings. The molecule has 2 rings (SSSR count). The maximum Gasteiger partial charge on any atom is 0.396 e. The molecule has 2 heterocycles. The molecule has 0 aromatic carbocycles. The van der Waals surface area contributed by atoms with Crippen LogP contribution in [0.1, 0.15) is 78.9 Å². The van der Waals surface area contributed by atoms with Gasteiger partial charge in [0, 0.05) is 0 Å². The van der Waals surface area contributed by atoms with Gasteiger partial charge in [0.15, 0.2) is 0 Å². The van der Waals surface area contributed by atoms with Gasteiger partial charge in [0.1, 0.15) is 19.8 Å².